The monoisotopic (exact) mass is 308 g/mol. The first-order valence-electron chi connectivity index (χ1n) is 6.69. The molecule has 0 heterocycles. The van der Waals surface area contributed by atoms with Gasteiger partial charge in [0.1, 0.15) is 11.9 Å². The molecule has 0 fully saturated rings. The lowest BCUT2D eigenvalue weighted by Gasteiger charge is -2.15. The zero-order chi connectivity index (χ0) is 16.1. The highest BCUT2D eigenvalue weighted by molar-refractivity contribution is 5.84. The lowest BCUT2D eigenvalue weighted by atomic mass is 10.2. The van der Waals surface area contributed by atoms with Crippen molar-refractivity contribution in [3.05, 3.63) is 65.5 Å². The van der Waals surface area contributed by atoms with Crippen molar-refractivity contribution in [2.75, 3.05) is 5.32 Å². The van der Waals surface area contributed by atoms with Crippen LogP contribution in [0.1, 0.15) is 12.5 Å². The van der Waals surface area contributed by atoms with Crippen LogP contribution in [0.15, 0.2) is 42.5 Å². The van der Waals surface area contributed by atoms with E-state index in [0.717, 1.165) is 17.7 Å². The molecule has 2 aromatic rings. The smallest absolute Gasteiger partial charge is 0.242 e. The maximum Gasteiger partial charge on any atom is 0.242 e. The number of nitrogens with one attached hydrogen (secondary N) is 2. The third-order valence-electron chi connectivity index (χ3n) is 3.08. The van der Waals surface area contributed by atoms with Gasteiger partial charge in [-0.25, -0.2) is 13.2 Å². The molecule has 0 aliphatic carbocycles. The number of hydrogen-bond acceptors (Lipinski definition) is 2. The standard InChI is InChI=1S/C16H15F3N2O/c1-10(21-13-6-7-14(18)15(19)8-13)16(22)20-9-11-2-4-12(17)5-3-11/h2-8,10,21H,9H2,1H3,(H,20,22). The summed E-state index contributed by atoms with van der Waals surface area (Å²) in [5.74, 6) is -2.58. The molecule has 2 rings (SSSR count). The molecule has 1 unspecified atom stereocenters. The molecule has 2 N–H and O–H groups in total. The molecule has 0 spiro atoms. The molecule has 1 amide bonds. The lowest BCUT2D eigenvalue weighted by molar-refractivity contribution is -0.121. The van der Waals surface area contributed by atoms with E-state index in [1.54, 1.807) is 19.1 Å². The fraction of sp³-hybridized carbons (Fsp3) is 0.188. The molecule has 1 atom stereocenters. The van der Waals surface area contributed by atoms with Crippen LogP contribution in [-0.2, 0) is 11.3 Å². The number of rotatable bonds is 5. The van der Waals surface area contributed by atoms with Crippen molar-refractivity contribution in [1.29, 1.82) is 0 Å². The Morgan fingerprint density at radius 1 is 1.05 bits per heavy atom. The maximum atomic E-state index is 13.1. The largest absolute Gasteiger partial charge is 0.374 e. The molecule has 0 bridgehead atoms. The van der Waals surface area contributed by atoms with Crippen molar-refractivity contribution in [2.24, 2.45) is 0 Å². The normalized spacial score (nSPS) is 11.8. The minimum absolute atomic E-state index is 0.253. The number of amides is 1. The fourth-order valence-electron chi connectivity index (χ4n) is 1.85. The van der Waals surface area contributed by atoms with Crippen molar-refractivity contribution in [1.82, 2.24) is 5.32 Å². The second kappa shape index (κ2) is 6.98. The van der Waals surface area contributed by atoms with Crippen LogP contribution in [0.3, 0.4) is 0 Å². The van der Waals surface area contributed by atoms with Crippen LogP contribution in [0.5, 0.6) is 0 Å². The minimum atomic E-state index is -0.982. The van der Waals surface area contributed by atoms with Crippen molar-refractivity contribution in [3.63, 3.8) is 0 Å². The summed E-state index contributed by atoms with van der Waals surface area (Å²) in [7, 11) is 0. The Morgan fingerprint density at radius 2 is 1.73 bits per heavy atom. The van der Waals surface area contributed by atoms with Gasteiger partial charge in [-0.05, 0) is 36.8 Å². The van der Waals surface area contributed by atoms with Gasteiger partial charge in [0.2, 0.25) is 5.91 Å². The molecule has 0 aliphatic rings. The highest BCUT2D eigenvalue weighted by Crippen LogP contribution is 2.14. The Hall–Kier alpha value is -2.50. The van der Waals surface area contributed by atoms with Crippen molar-refractivity contribution < 1.29 is 18.0 Å². The maximum absolute atomic E-state index is 13.1. The average Bonchev–Trinajstić information content (AvgIpc) is 2.50. The van der Waals surface area contributed by atoms with Crippen molar-refractivity contribution in [2.45, 2.75) is 19.5 Å². The minimum Gasteiger partial charge on any atom is -0.374 e. The van der Waals surface area contributed by atoms with Crippen LogP contribution in [0.2, 0.25) is 0 Å². The first kappa shape index (κ1) is 15.9. The van der Waals surface area contributed by atoms with Crippen molar-refractivity contribution in [3.8, 4) is 0 Å². The van der Waals surface area contributed by atoms with Crippen LogP contribution < -0.4 is 10.6 Å². The van der Waals surface area contributed by atoms with E-state index in [4.69, 9.17) is 0 Å². The van der Waals surface area contributed by atoms with E-state index in [9.17, 15) is 18.0 Å². The second-order valence-corrected chi connectivity index (χ2v) is 4.84. The third-order valence-corrected chi connectivity index (χ3v) is 3.08. The summed E-state index contributed by atoms with van der Waals surface area (Å²) >= 11 is 0. The Kier molecular flexibility index (Phi) is 5.04. The fourth-order valence-corrected chi connectivity index (χ4v) is 1.85. The van der Waals surface area contributed by atoms with E-state index in [-0.39, 0.29) is 18.3 Å². The quantitative estimate of drug-likeness (QED) is 0.890. The van der Waals surface area contributed by atoms with Gasteiger partial charge in [-0.2, -0.15) is 0 Å². The summed E-state index contributed by atoms with van der Waals surface area (Å²) < 4.78 is 38.7. The number of carbonyl (C=O) groups excluding carboxylic acids is 1. The molecule has 0 aliphatic heterocycles. The molecule has 2 aromatic carbocycles. The molecule has 3 nitrogen and oxygen atoms in total. The van der Waals surface area contributed by atoms with Gasteiger partial charge < -0.3 is 10.6 Å². The number of anilines is 1. The zero-order valence-corrected chi connectivity index (χ0v) is 11.9. The molecule has 22 heavy (non-hydrogen) atoms. The number of carbonyl (C=O) groups is 1. The predicted molar refractivity (Wildman–Crippen MR) is 77.7 cm³/mol. The first-order valence-corrected chi connectivity index (χ1v) is 6.69. The third kappa shape index (κ3) is 4.25. The van der Waals surface area contributed by atoms with E-state index in [2.05, 4.69) is 10.6 Å². The molecule has 116 valence electrons. The molecule has 0 aromatic heterocycles. The second-order valence-electron chi connectivity index (χ2n) is 4.84. The van der Waals surface area contributed by atoms with Crippen LogP contribution >= 0.6 is 0 Å². The highest BCUT2D eigenvalue weighted by atomic mass is 19.2. The number of benzene rings is 2. The molecule has 0 saturated carbocycles. The highest BCUT2D eigenvalue weighted by Gasteiger charge is 2.13. The lowest BCUT2D eigenvalue weighted by Crippen LogP contribution is -2.37. The molecular weight excluding hydrogens is 293 g/mol. The molecule has 0 saturated heterocycles. The molecular formula is C16H15F3N2O. The van der Waals surface area contributed by atoms with E-state index in [0.29, 0.717) is 5.69 Å². The van der Waals surface area contributed by atoms with Crippen LogP contribution in [0.25, 0.3) is 0 Å². The summed E-state index contributed by atoms with van der Waals surface area (Å²) in [6, 6.07) is 8.45. The zero-order valence-electron chi connectivity index (χ0n) is 11.9. The van der Waals surface area contributed by atoms with Gasteiger partial charge >= 0.3 is 0 Å². The summed E-state index contributed by atoms with van der Waals surface area (Å²) in [4.78, 5) is 11.9. The average molecular weight is 308 g/mol. The van der Waals surface area contributed by atoms with E-state index >= 15 is 0 Å². The van der Waals surface area contributed by atoms with Gasteiger partial charge in [-0.1, -0.05) is 12.1 Å². The van der Waals surface area contributed by atoms with Gasteiger partial charge in [0.05, 0.1) is 0 Å². The van der Waals surface area contributed by atoms with Gasteiger partial charge in [0, 0.05) is 18.3 Å². The Morgan fingerprint density at radius 3 is 2.36 bits per heavy atom. The summed E-state index contributed by atoms with van der Waals surface area (Å²) in [6.45, 7) is 1.85. The van der Waals surface area contributed by atoms with Crippen LogP contribution in [0, 0.1) is 17.5 Å². The SMILES string of the molecule is CC(Nc1ccc(F)c(F)c1)C(=O)NCc1ccc(F)cc1. The van der Waals surface area contributed by atoms with Gasteiger partial charge in [0.25, 0.3) is 0 Å². The summed E-state index contributed by atoms with van der Waals surface area (Å²) in [6.07, 6.45) is 0. The molecule has 6 heteroatoms. The van der Waals surface area contributed by atoms with E-state index in [1.807, 2.05) is 0 Å². The Balaban J connectivity index is 1.88. The number of halogens is 3. The van der Waals surface area contributed by atoms with Gasteiger partial charge in [-0.15, -0.1) is 0 Å². The van der Waals surface area contributed by atoms with Gasteiger partial charge in [-0.3, -0.25) is 4.79 Å². The van der Waals surface area contributed by atoms with E-state index in [1.165, 1.54) is 18.2 Å². The van der Waals surface area contributed by atoms with Crippen LogP contribution in [-0.4, -0.2) is 11.9 Å². The number of hydrogen-bond donors (Lipinski definition) is 2. The van der Waals surface area contributed by atoms with Crippen molar-refractivity contribution >= 4 is 11.6 Å². The van der Waals surface area contributed by atoms with Crippen LogP contribution in [0.4, 0.5) is 18.9 Å². The first-order chi connectivity index (χ1) is 10.5. The topological polar surface area (TPSA) is 41.1 Å². The Bertz CT molecular complexity index is 659. The molecule has 0 radical (unpaired) electrons. The summed E-state index contributed by atoms with van der Waals surface area (Å²) in [5.41, 5.74) is 1.07. The Labute approximate surface area is 126 Å². The van der Waals surface area contributed by atoms with Gasteiger partial charge in [0.15, 0.2) is 11.6 Å². The van der Waals surface area contributed by atoms with E-state index < -0.39 is 17.7 Å². The predicted octanol–water partition coefficient (Wildman–Crippen LogP) is 3.22. The summed E-state index contributed by atoms with van der Waals surface area (Å²) in [5, 5.41) is 5.45.